The molecule has 2 amide bonds. The molecule has 0 aliphatic carbocycles. The lowest BCUT2D eigenvalue weighted by Crippen LogP contribution is -2.45. The number of anilines is 1. The Hall–Kier alpha value is -3.09. The minimum Gasteiger partial charge on any atom is -0.497 e. The molecule has 0 saturated carbocycles. The van der Waals surface area contributed by atoms with Crippen molar-refractivity contribution in [2.24, 2.45) is 0 Å². The smallest absolute Gasteiger partial charge is 0.265 e. The predicted molar refractivity (Wildman–Crippen MR) is 89.1 cm³/mol. The van der Waals surface area contributed by atoms with Crippen LogP contribution >= 0.6 is 0 Å². The summed E-state index contributed by atoms with van der Waals surface area (Å²) in [5, 5.41) is 2.74. The highest BCUT2D eigenvalue weighted by Crippen LogP contribution is 2.32. The van der Waals surface area contributed by atoms with Gasteiger partial charge < -0.3 is 14.8 Å². The molecule has 3 rings (SSSR count). The van der Waals surface area contributed by atoms with Crippen LogP contribution in [0.2, 0.25) is 0 Å². The van der Waals surface area contributed by atoms with E-state index in [1.165, 1.54) is 23.1 Å². The molecular formula is C18H17FN2O4. The van der Waals surface area contributed by atoms with E-state index in [2.05, 4.69) is 5.32 Å². The Bertz CT molecular complexity index is 792. The molecule has 0 unspecified atom stereocenters. The van der Waals surface area contributed by atoms with Gasteiger partial charge in [-0.05, 0) is 29.8 Å². The van der Waals surface area contributed by atoms with Crippen molar-refractivity contribution in [3.63, 3.8) is 0 Å². The van der Waals surface area contributed by atoms with Crippen molar-refractivity contribution in [3.8, 4) is 11.5 Å². The van der Waals surface area contributed by atoms with Crippen LogP contribution in [0.3, 0.4) is 0 Å². The molecule has 0 atom stereocenters. The first-order valence-corrected chi connectivity index (χ1v) is 7.69. The molecule has 7 heteroatoms. The monoisotopic (exact) mass is 344 g/mol. The number of nitrogens with one attached hydrogen (secondary N) is 1. The van der Waals surface area contributed by atoms with Crippen LogP contribution in [0.4, 0.5) is 10.1 Å². The Morgan fingerprint density at radius 1 is 1.28 bits per heavy atom. The number of amides is 2. The van der Waals surface area contributed by atoms with Crippen molar-refractivity contribution in [1.29, 1.82) is 0 Å². The number of hydrogen-bond donors (Lipinski definition) is 1. The van der Waals surface area contributed by atoms with Gasteiger partial charge in [-0.25, -0.2) is 4.39 Å². The van der Waals surface area contributed by atoms with E-state index in [-0.39, 0.29) is 24.7 Å². The second kappa shape index (κ2) is 7.21. The first-order valence-electron chi connectivity index (χ1n) is 7.69. The van der Waals surface area contributed by atoms with E-state index < -0.39 is 11.7 Å². The van der Waals surface area contributed by atoms with Gasteiger partial charge in [0.1, 0.15) is 23.9 Å². The van der Waals surface area contributed by atoms with Crippen LogP contribution in [0, 0.1) is 5.82 Å². The molecule has 0 radical (unpaired) electrons. The van der Waals surface area contributed by atoms with Crippen molar-refractivity contribution >= 4 is 17.5 Å². The number of methoxy groups -OCH3 is 1. The lowest BCUT2D eigenvalue weighted by atomic mass is 10.2. The first-order chi connectivity index (χ1) is 12.1. The van der Waals surface area contributed by atoms with Gasteiger partial charge in [0.25, 0.3) is 5.91 Å². The third-order valence-corrected chi connectivity index (χ3v) is 3.81. The Labute approximate surface area is 144 Å². The number of ether oxygens (including phenoxy) is 2. The van der Waals surface area contributed by atoms with Gasteiger partial charge in [-0.3, -0.25) is 14.5 Å². The van der Waals surface area contributed by atoms with Crippen LogP contribution in [0.15, 0.2) is 42.5 Å². The van der Waals surface area contributed by atoms with Gasteiger partial charge in [0.05, 0.1) is 12.8 Å². The summed E-state index contributed by atoms with van der Waals surface area (Å²) in [4.78, 5) is 25.4. The van der Waals surface area contributed by atoms with Gasteiger partial charge >= 0.3 is 0 Å². The molecule has 1 N–H and O–H groups in total. The summed E-state index contributed by atoms with van der Waals surface area (Å²) in [6, 6.07) is 11.1. The average Bonchev–Trinajstić information content (AvgIpc) is 2.63. The Morgan fingerprint density at radius 2 is 2.04 bits per heavy atom. The van der Waals surface area contributed by atoms with E-state index >= 15 is 0 Å². The molecule has 0 spiro atoms. The molecule has 130 valence electrons. The average molecular weight is 344 g/mol. The summed E-state index contributed by atoms with van der Waals surface area (Å²) in [7, 11) is 1.58. The topological polar surface area (TPSA) is 67.9 Å². The fourth-order valence-electron chi connectivity index (χ4n) is 2.49. The first kappa shape index (κ1) is 16.8. The lowest BCUT2D eigenvalue weighted by molar-refractivity contribution is -0.125. The highest BCUT2D eigenvalue weighted by molar-refractivity contribution is 6.02. The molecule has 0 bridgehead atoms. The van der Waals surface area contributed by atoms with E-state index in [0.717, 1.165) is 11.3 Å². The minimum absolute atomic E-state index is 0.176. The van der Waals surface area contributed by atoms with Crippen LogP contribution in [-0.2, 0) is 16.1 Å². The van der Waals surface area contributed by atoms with Crippen LogP contribution in [0.5, 0.6) is 11.5 Å². The molecule has 1 aliphatic heterocycles. The SMILES string of the molecule is COc1ccc(CNC(=O)CN2C(=O)COc3ccc(F)cc32)cc1. The Balaban J connectivity index is 1.64. The van der Waals surface area contributed by atoms with Crippen molar-refractivity contribution in [2.45, 2.75) is 6.54 Å². The molecule has 2 aromatic rings. The maximum atomic E-state index is 13.5. The van der Waals surface area contributed by atoms with Crippen LogP contribution < -0.4 is 19.7 Å². The molecule has 1 aliphatic rings. The van der Waals surface area contributed by atoms with Gasteiger partial charge in [-0.1, -0.05) is 12.1 Å². The third kappa shape index (κ3) is 3.88. The summed E-state index contributed by atoms with van der Waals surface area (Å²) in [6.07, 6.45) is 0. The van der Waals surface area contributed by atoms with Gasteiger partial charge in [-0.15, -0.1) is 0 Å². The van der Waals surface area contributed by atoms with Crippen LogP contribution in [0.1, 0.15) is 5.56 Å². The van der Waals surface area contributed by atoms with Crippen molar-refractivity contribution < 1.29 is 23.5 Å². The fourth-order valence-corrected chi connectivity index (χ4v) is 2.49. The van der Waals surface area contributed by atoms with Crippen molar-refractivity contribution in [2.75, 3.05) is 25.2 Å². The zero-order chi connectivity index (χ0) is 17.8. The molecule has 1 heterocycles. The second-order valence-electron chi connectivity index (χ2n) is 5.51. The Morgan fingerprint density at radius 3 is 2.76 bits per heavy atom. The van der Waals surface area contributed by atoms with Crippen LogP contribution in [-0.4, -0.2) is 32.1 Å². The van der Waals surface area contributed by atoms with E-state index in [1.807, 2.05) is 12.1 Å². The lowest BCUT2D eigenvalue weighted by Gasteiger charge is -2.28. The summed E-state index contributed by atoms with van der Waals surface area (Å²) in [6.45, 7) is -0.0590. The number of carbonyl (C=O) groups is 2. The number of carbonyl (C=O) groups excluding carboxylic acids is 2. The van der Waals surface area contributed by atoms with Gasteiger partial charge in [0, 0.05) is 12.6 Å². The number of hydrogen-bond acceptors (Lipinski definition) is 4. The second-order valence-corrected chi connectivity index (χ2v) is 5.51. The largest absolute Gasteiger partial charge is 0.497 e. The predicted octanol–water partition coefficient (Wildman–Crippen LogP) is 1.88. The normalized spacial score (nSPS) is 13.0. The summed E-state index contributed by atoms with van der Waals surface area (Å²) < 4.78 is 23.8. The zero-order valence-electron chi connectivity index (χ0n) is 13.6. The highest BCUT2D eigenvalue weighted by atomic mass is 19.1. The molecule has 2 aromatic carbocycles. The maximum absolute atomic E-state index is 13.5. The maximum Gasteiger partial charge on any atom is 0.265 e. The zero-order valence-corrected chi connectivity index (χ0v) is 13.6. The minimum atomic E-state index is -0.499. The van der Waals surface area contributed by atoms with E-state index in [4.69, 9.17) is 9.47 Å². The molecule has 25 heavy (non-hydrogen) atoms. The van der Waals surface area contributed by atoms with E-state index in [0.29, 0.717) is 12.3 Å². The number of benzene rings is 2. The molecule has 6 nitrogen and oxygen atoms in total. The van der Waals surface area contributed by atoms with Crippen molar-refractivity contribution in [1.82, 2.24) is 5.32 Å². The molecule has 0 aromatic heterocycles. The van der Waals surface area contributed by atoms with Gasteiger partial charge in [-0.2, -0.15) is 0 Å². The van der Waals surface area contributed by atoms with E-state index in [1.54, 1.807) is 19.2 Å². The van der Waals surface area contributed by atoms with Crippen molar-refractivity contribution in [3.05, 3.63) is 53.8 Å². The summed E-state index contributed by atoms with van der Waals surface area (Å²) in [5.74, 6) is -0.128. The molecule has 0 fully saturated rings. The Kier molecular flexibility index (Phi) is 4.83. The van der Waals surface area contributed by atoms with E-state index in [9.17, 15) is 14.0 Å². The number of nitrogens with zero attached hydrogens (tertiary/aromatic N) is 1. The molecule has 0 saturated heterocycles. The fraction of sp³-hybridized carbons (Fsp3) is 0.222. The number of halogens is 1. The van der Waals surface area contributed by atoms with Gasteiger partial charge in [0.15, 0.2) is 6.61 Å². The summed E-state index contributed by atoms with van der Waals surface area (Å²) in [5.41, 5.74) is 1.16. The number of fused-ring (bicyclic) bond motifs is 1. The highest BCUT2D eigenvalue weighted by Gasteiger charge is 2.27. The van der Waals surface area contributed by atoms with Gasteiger partial charge in [0.2, 0.25) is 5.91 Å². The third-order valence-electron chi connectivity index (χ3n) is 3.81. The standard InChI is InChI=1S/C18H17FN2O4/c1-24-14-5-2-12(3-6-14)9-20-17(22)10-21-15-8-13(19)4-7-16(15)25-11-18(21)23/h2-8H,9-11H2,1H3,(H,20,22). The molecular weight excluding hydrogens is 327 g/mol. The summed E-state index contributed by atoms with van der Waals surface area (Å²) >= 11 is 0. The quantitative estimate of drug-likeness (QED) is 0.899. The number of rotatable bonds is 5. The van der Waals surface area contributed by atoms with Crippen LogP contribution in [0.25, 0.3) is 0 Å².